The number of nitrogens with zero attached hydrogens (tertiary/aromatic N) is 3. The Hall–Kier alpha value is -3.01. The SMILES string of the molecule is COCC(=O)Nc1ccc2c(c1)OC[C@H](C)N(Cc1ccccn1)C[C@H](C)[C@H](OC)CN(C)C2=O. The quantitative estimate of drug-likeness (QED) is 0.674. The predicted octanol–water partition coefficient (Wildman–Crippen LogP) is 2.67. The molecule has 2 heterocycles. The van der Waals surface area contributed by atoms with Crippen LogP contribution in [0.1, 0.15) is 29.9 Å². The number of ether oxygens (including phenoxy) is 3. The third-order valence-corrected chi connectivity index (χ3v) is 6.23. The van der Waals surface area contributed by atoms with E-state index in [1.807, 2.05) is 18.2 Å². The molecular weight excluding hydrogens is 448 g/mol. The average Bonchev–Trinajstić information content (AvgIpc) is 2.85. The van der Waals surface area contributed by atoms with Gasteiger partial charge >= 0.3 is 0 Å². The van der Waals surface area contributed by atoms with E-state index in [0.717, 1.165) is 12.2 Å². The maximum Gasteiger partial charge on any atom is 0.257 e. The molecule has 0 radical (unpaired) electrons. The van der Waals surface area contributed by atoms with Crippen LogP contribution in [0.5, 0.6) is 5.75 Å². The lowest BCUT2D eigenvalue weighted by molar-refractivity contribution is -0.119. The van der Waals surface area contributed by atoms with Gasteiger partial charge in [-0.2, -0.15) is 0 Å². The van der Waals surface area contributed by atoms with Gasteiger partial charge in [0.15, 0.2) is 0 Å². The predicted molar refractivity (Wildman–Crippen MR) is 133 cm³/mol. The molecule has 9 nitrogen and oxygen atoms in total. The third-order valence-electron chi connectivity index (χ3n) is 6.23. The first-order valence-corrected chi connectivity index (χ1v) is 11.8. The minimum Gasteiger partial charge on any atom is -0.491 e. The number of pyridine rings is 1. The number of aromatic nitrogens is 1. The van der Waals surface area contributed by atoms with E-state index < -0.39 is 0 Å². The second-order valence-electron chi connectivity index (χ2n) is 9.04. The first-order chi connectivity index (χ1) is 16.8. The lowest BCUT2D eigenvalue weighted by atomic mass is 10.0. The van der Waals surface area contributed by atoms with E-state index >= 15 is 0 Å². The standard InChI is InChI=1S/C26H36N4O5/c1-18-13-30(14-21-8-6-7-11-27-21)19(2)16-35-23-12-20(28-25(31)17-33-4)9-10-22(23)26(32)29(3)15-24(18)34-5/h6-12,18-19,24H,13-17H2,1-5H3,(H,28,31)/t18-,19-,24+/m0/s1. The molecule has 0 saturated heterocycles. The highest BCUT2D eigenvalue weighted by Gasteiger charge is 2.28. The lowest BCUT2D eigenvalue weighted by Gasteiger charge is -2.35. The van der Waals surface area contributed by atoms with Gasteiger partial charge in [-0.05, 0) is 37.1 Å². The number of amides is 2. The summed E-state index contributed by atoms with van der Waals surface area (Å²) in [7, 11) is 4.91. The summed E-state index contributed by atoms with van der Waals surface area (Å²) < 4.78 is 16.9. The zero-order valence-electron chi connectivity index (χ0n) is 21.2. The van der Waals surface area contributed by atoms with Crippen LogP contribution in [0.15, 0.2) is 42.6 Å². The van der Waals surface area contributed by atoms with Gasteiger partial charge in [0.25, 0.3) is 5.91 Å². The van der Waals surface area contributed by atoms with Gasteiger partial charge in [-0.1, -0.05) is 13.0 Å². The van der Waals surface area contributed by atoms with Crippen LogP contribution < -0.4 is 10.1 Å². The summed E-state index contributed by atoms with van der Waals surface area (Å²) >= 11 is 0. The van der Waals surface area contributed by atoms with Crippen LogP contribution in [-0.4, -0.2) is 86.3 Å². The Morgan fingerprint density at radius 3 is 2.69 bits per heavy atom. The Bertz CT molecular complexity index is 987. The van der Waals surface area contributed by atoms with Crippen LogP contribution in [0, 0.1) is 5.92 Å². The van der Waals surface area contributed by atoms with E-state index in [1.54, 1.807) is 43.5 Å². The van der Waals surface area contributed by atoms with Crippen LogP contribution in [0.3, 0.4) is 0 Å². The fraction of sp³-hybridized carbons (Fsp3) is 0.500. The zero-order chi connectivity index (χ0) is 25.4. The van der Waals surface area contributed by atoms with Crippen molar-refractivity contribution in [1.29, 1.82) is 0 Å². The molecule has 1 aromatic carbocycles. The van der Waals surface area contributed by atoms with Gasteiger partial charge in [-0.15, -0.1) is 0 Å². The number of methoxy groups -OCH3 is 2. The number of benzene rings is 1. The number of likely N-dealkylation sites (N-methyl/N-ethyl adjacent to an activating group) is 1. The Balaban J connectivity index is 1.92. The molecule has 3 rings (SSSR count). The smallest absolute Gasteiger partial charge is 0.257 e. The number of carbonyl (C=O) groups is 2. The van der Waals surface area contributed by atoms with Gasteiger partial charge in [0.05, 0.1) is 17.4 Å². The van der Waals surface area contributed by atoms with Crippen molar-refractivity contribution in [1.82, 2.24) is 14.8 Å². The molecule has 0 unspecified atom stereocenters. The highest BCUT2D eigenvalue weighted by atomic mass is 16.5. The number of anilines is 1. The van der Waals surface area contributed by atoms with Crippen molar-refractivity contribution in [3.8, 4) is 5.75 Å². The summed E-state index contributed by atoms with van der Waals surface area (Å²) in [5.74, 6) is 0.140. The van der Waals surface area contributed by atoms with Crippen molar-refractivity contribution in [2.45, 2.75) is 32.5 Å². The number of fused-ring (bicyclic) bond motifs is 1. The fourth-order valence-electron chi connectivity index (χ4n) is 4.17. The van der Waals surface area contributed by atoms with Crippen molar-refractivity contribution in [2.75, 3.05) is 52.9 Å². The number of hydrogen-bond acceptors (Lipinski definition) is 7. The van der Waals surface area contributed by atoms with Gasteiger partial charge in [0.2, 0.25) is 5.91 Å². The van der Waals surface area contributed by atoms with Crippen LogP contribution in [-0.2, 0) is 20.8 Å². The average molecular weight is 485 g/mol. The van der Waals surface area contributed by atoms with Gasteiger partial charge < -0.3 is 24.4 Å². The van der Waals surface area contributed by atoms with E-state index in [4.69, 9.17) is 14.2 Å². The molecule has 0 saturated carbocycles. The van der Waals surface area contributed by atoms with E-state index in [1.165, 1.54) is 7.11 Å². The van der Waals surface area contributed by atoms with Crippen molar-refractivity contribution in [2.24, 2.45) is 5.92 Å². The fourth-order valence-corrected chi connectivity index (χ4v) is 4.17. The second-order valence-corrected chi connectivity index (χ2v) is 9.04. The molecule has 0 bridgehead atoms. The maximum atomic E-state index is 13.3. The molecule has 3 atom stereocenters. The Kier molecular flexibility index (Phi) is 9.59. The Labute approximate surface area is 207 Å². The summed E-state index contributed by atoms with van der Waals surface area (Å²) in [5, 5.41) is 2.77. The van der Waals surface area contributed by atoms with E-state index in [-0.39, 0.29) is 36.5 Å². The molecule has 1 aliphatic rings. The van der Waals surface area contributed by atoms with E-state index in [0.29, 0.717) is 36.7 Å². The van der Waals surface area contributed by atoms with Gasteiger partial charge in [-0.3, -0.25) is 19.5 Å². The number of hydrogen-bond donors (Lipinski definition) is 1. The molecule has 1 aliphatic heterocycles. The number of carbonyl (C=O) groups excluding carboxylic acids is 2. The van der Waals surface area contributed by atoms with Crippen LogP contribution in [0.4, 0.5) is 5.69 Å². The molecule has 1 aromatic heterocycles. The molecular formula is C26H36N4O5. The third kappa shape index (κ3) is 7.24. The minimum absolute atomic E-state index is 0.0313. The summed E-state index contributed by atoms with van der Waals surface area (Å²) in [4.78, 5) is 33.8. The summed E-state index contributed by atoms with van der Waals surface area (Å²) in [6, 6.07) is 11.0. The van der Waals surface area contributed by atoms with Gasteiger partial charge in [-0.25, -0.2) is 0 Å². The first-order valence-electron chi connectivity index (χ1n) is 11.8. The van der Waals surface area contributed by atoms with Gasteiger partial charge in [0, 0.05) is 64.9 Å². The normalized spacial score (nSPS) is 21.9. The molecule has 2 amide bonds. The summed E-state index contributed by atoms with van der Waals surface area (Å²) in [5.41, 5.74) is 1.95. The summed E-state index contributed by atoms with van der Waals surface area (Å²) in [6.07, 6.45) is 1.66. The molecule has 2 aromatic rings. The summed E-state index contributed by atoms with van der Waals surface area (Å²) in [6.45, 7) is 6.39. The topological polar surface area (TPSA) is 93.2 Å². The van der Waals surface area contributed by atoms with E-state index in [9.17, 15) is 9.59 Å². The maximum absolute atomic E-state index is 13.3. The molecule has 0 aliphatic carbocycles. The van der Waals surface area contributed by atoms with Gasteiger partial charge in [0.1, 0.15) is 19.0 Å². The van der Waals surface area contributed by atoms with Crippen LogP contribution in [0.2, 0.25) is 0 Å². The minimum atomic E-state index is -0.282. The molecule has 1 N–H and O–H groups in total. The molecule has 0 spiro atoms. The van der Waals surface area contributed by atoms with E-state index in [2.05, 4.69) is 29.0 Å². The highest BCUT2D eigenvalue weighted by molar-refractivity contribution is 5.98. The van der Waals surface area contributed by atoms with Crippen molar-refractivity contribution < 1.29 is 23.8 Å². The largest absolute Gasteiger partial charge is 0.491 e. The van der Waals surface area contributed by atoms with Crippen molar-refractivity contribution in [3.63, 3.8) is 0 Å². The lowest BCUT2D eigenvalue weighted by Crippen LogP contribution is -2.46. The molecule has 0 fully saturated rings. The molecule has 35 heavy (non-hydrogen) atoms. The second kappa shape index (κ2) is 12.6. The van der Waals surface area contributed by atoms with Crippen LogP contribution in [0.25, 0.3) is 0 Å². The monoisotopic (exact) mass is 484 g/mol. The van der Waals surface area contributed by atoms with Crippen molar-refractivity contribution in [3.05, 3.63) is 53.9 Å². The molecule has 190 valence electrons. The molecule has 9 heteroatoms. The first kappa shape index (κ1) is 26.6. The highest BCUT2D eigenvalue weighted by Crippen LogP contribution is 2.27. The van der Waals surface area contributed by atoms with Crippen molar-refractivity contribution >= 4 is 17.5 Å². The number of nitrogens with one attached hydrogen (secondary N) is 1. The van der Waals surface area contributed by atoms with Crippen LogP contribution >= 0.6 is 0 Å². The zero-order valence-corrected chi connectivity index (χ0v) is 21.2. The Morgan fingerprint density at radius 2 is 2.00 bits per heavy atom. The number of rotatable bonds is 6. The Morgan fingerprint density at radius 1 is 1.20 bits per heavy atom.